The van der Waals surface area contributed by atoms with Crippen molar-refractivity contribution < 1.29 is 0 Å². The summed E-state index contributed by atoms with van der Waals surface area (Å²) in [6, 6.07) is 0.463. The quantitative estimate of drug-likeness (QED) is 0.722. The zero-order chi connectivity index (χ0) is 10.1. The number of likely N-dealkylation sites (N-methyl/N-ethyl adjacent to an activating group) is 1. The fraction of sp³-hybridized carbons (Fsp3) is 1.00. The predicted octanol–water partition coefficient (Wildman–Crippen LogP) is 2.78. The maximum Gasteiger partial charge on any atom is 0.0158 e. The summed E-state index contributed by atoms with van der Waals surface area (Å²) in [5.41, 5.74) is 5.22. The van der Waals surface area contributed by atoms with Gasteiger partial charge < -0.3 is 11.1 Å². The normalized spacial score (nSPS) is 18.9. The van der Waals surface area contributed by atoms with Crippen molar-refractivity contribution >= 4 is 0 Å². The van der Waals surface area contributed by atoms with Crippen molar-refractivity contribution in [3.8, 4) is 0 Å². The molecule has 0 heterocycles. The van der Waals surface area contributed by atoms with Crippen molar-refractivity contribution in [2.45, 2.75) is 59.4 Å². The van der Waals surface area contributed by atoms with Crippen LogP contribution in [0.1, 0.15) is 53.4 Å². The molecule has 0 aromatic carbocycles. The summed E-state index contributed by atoms with van der Waals surface area (Å²) in [7, 11) is 1.90. The number of hydrogen-bond donors (Lipinski definition) is 2. The Kier molecular flexibility index (Phi) is 12.8. The van der Waals surface area contributed by atoms with Crippen LogP contribution in [-0.2, 0) is 0 Å². The minimum atomic E-state index is 0. The Bertz CT molecular complexity index is 94.5. The van der Waals surface area contributed by atoms with Crippen LogP contribution in [0.25, 0.3) is 0 Å². The van der Waals surface area contributed by atoms with Crippen LogP contribution in [-0.4, -0.2) is 19.6 Å². The van der Waals surface area contributed by atoms with Crippen LogP contribution in [0.2, 0.25) is 0 Å². The lowest BCUT2D eigenvalue weighted by molar-refractivity contribution is 0.385. The minimum absolute atomic E-state index is 0. The van der Waals surface area contributed by atoms with Crippen molar-refractivity contribution in [3.05, 3.63) is 0 Å². The van der Waals surface area contributed by atoms with Crippen LogP contribution < -0.4 is 11.1 Å². The van der Waals surface area contributed by atoms with Crippen LogP contribution in [0.4, 0.5) is 0 Å². The van der Waals surface area contributed by atoms with E-state index in [0.29, 0.717) is 6.04 Å². The molecule has 1 rings (SSSR count). The largest absolute Gasteiger partial charge is 0.329 e. The molecule has 0 bridgehead atoms. The second kappa shape index (κ2) is 11.0. The molecular weight excluding hydrogens is 172 g/mol. The van der Waals surface area contributed by atoms with Crippen LogP contribution in [0.3, 0.4) is 0 Å². The molecule has 1 fully saturated rings. The van der Waals surface area contributed by atoms with E-state index < -0.39 is 0 Å². The Balaban J connectivity index is 0. The molecule has 1 atom stereocenters. The Hall–Kier alpha value is -0.0800. The minimum Gasteiger partial charge on any atom is -0.329 e. The zero-order valence-electron chi connectivity index (χ0n) is 9.47. The van der Waals surface area contributed by atoms with Gasteiger partial charge in [-0.1, -0.05) is 46.5 Å². The SMILES string of the molecule is C.CC1CCCCC1.CNC(C)CN. The molecule has 0 aromatic heterocycles. The smallest absolute Gasteiger partial charge is 0.0158 e. The summed E-state index contributed by atoms with van der Waals surface area (Å²) in [5, 5.41) is 2.99. The lowest BCUT2D eigenvalue weighted by Crippen LogP contribution is -2.29. The van der Waals surface area contributed by atoms with Gasteiger partial charge in [0, 0.05) is 12.6 Å². The zero-order valence-corrected chi connectivity index (χ0v) is 9.47. The molecule has 0 spiro atoms. The van der Waals surface area contributed by atoms with Crippen molar-refractivity contribution in [2.75, 3.05) is 13.6 Å². The lowest BCUT2D eigenvalue weighted by atomic mass is 9.91. The Morgan fingerprint density at radius 3 is 1.93 bits per heavy atom. The average Bonchev–Trinajstić information content (AvgIpc) is 2.19. The number of hydrogen-bond acceptors (Lipinski definition) is 2. The van der Waals surface area contributed by atoms with E-state index in [9.17, 15) is 0 Å². The van der Waals surface area contributed by atoms with Gasteiger partial charge in [0.2, 0.25) is 0 Å². The van der Waals surface area contributed by atoms with Gasteiger partial charge in [0.1, 0.15) is 0 Å². The van der Waals surface area contributed by atoms with Crippen molar-refractivity contribution in [1.82, 2.24) is 5.32 Å². The van der Waals surface area contributed by atoms with E-state index in [0.717, 1.165) is 12.5 Å². The first-order chi connectivity index (χ1) is 6.20. The third-order valence-electron chi connectivity index (χ3n) is 2.74. The molecule has 0 amide bonds. The molecule has 3 N–H and O–H groups in total. The first-order valence-electron chi connectivity index (χ1n) is 5.58. The van der Waals surface area contributed by atoms with Gasteiger partial charge in [0.05, 0.1) is 0 Å². The maximum atomic E-state index is 5.22. The van der Waals surface area contributed by atoms with Gasteiger partial charge in [0.25, 0.3) is 0 Å². The van der Waals surface area contributed by atoms with Gasteiger partial charge in [-0.3, -0.25) is 0 Å². The molecule has 1 aliphatic rings. The summed E-state index contributed by atoms with van der Waals surface area (Å²) in [5.74, 6) is 1.04. The first-order valence-corrected chi connectivity index (χ1v) is 5.58. The highest BCUT2D eigenvalue weighted by Crippen LogP contribution is 2.21. The standard InChI is InChI=1S/C7H14.C4H12N2.CH4/c1-7-5-3-2-4-6-7;1-4(3-5)6-2;/h7H,2-6H2,1H3;4,6H,3,5H2,1-2H3;1H4. The summed E-state index contributed by atoms with van der Waals surface area (Å²) in [6.45, 7) is 5.12. The molecule has 0 aliphatic heterocycles. The van der Waals surface area contributed by atoms with E-state index in [1.54, 1.807) is 0 Å². The number of nitrogens with two attached hydrogens (primary N) is 1. The molecule has 2 heteroatoms. The number of rotatable bonds is 2. The maximum absolute atomic E-state index is 5.22. The van der Waals surface area contributed by atoms with Crippen molar-refractivity contribution in [2.24, 2.45) is 11.7 Å². The molecule has 88 valence electrons. The van der Waals surface area contributed by atoms with E-state index >= 15 is 0 Å². The predicted molar refractivity (Wildman–Crippen MR) is 66.6 cm³/mol. The summed E-state index contributed by atoms with van der Waals surface area (Å²) >= 11 is 0. The molecule has 0 saturated heterocycles. The average molecular weight is 202 g/mol. The molecule has 1 saturated carbocycles. The van der Waals surface area contributed by atoms with Gasteiger partial charge >= 0.3 is 0 Å². The first kappa shape index (κ1) is 16.4. The van der Waals surface area contributed by atoms with Crippen LogP contribution >= 0.6 is 0 Å². The number of nitrogens with one attached hydrogen (secondary N) is 1. The summed E-state index contributed by atoms with van der Waals surface area (Å²) < 4.78 is 0. The molecule has 0 radical (unpaired) electrons. The van der Waals surface area contributed by atoms with Gasteiger partial charge in [-0.25, -0.2) is 0 Å². The van der Waals surface area contributed by atoms with Gasteiger partial charge in [-0.15, -0.1) is 0 Å². The molecule has 1 aliphatic carbocycles. The topological polar surface area (TPSA) is 38.0 Å². The Morgan fingerprint density at radius 1 is 1.29 bits per heavy atom. The lowest BCUT2D eigenvalue weighted by Gasteiger charge is -2.15. The second-order valence-corrected chi connectivity index (χ2v) is 4.17. The van der Waals surface area contributed by atoms with Crippen LogP contribution in [0.5, 0.6) is 0 Å². The van der Waals surface area contributed by atoms with Crippen molar-refractivity contribution in [3.63, 3.8) is 0 Å². The molecule has 0 aromatic rings. The summed E-state index contributed by atoms with van der Waals surface area (Å²) in [6.07, 6.45) is 7.44. The highest BCUT2D eigenvalue weighted by atomic mass is 14.9. The Morgan fingerprint density at radius 2 is 1.79 bits per heavy atom. The van der Waals surface area contributed by atoms with Crippen LogP contribution in [0.15, 0.2) is 0 Å². The van der Waals surface area contributed by atoms with Gasteiger partial charge in [-0.2, -0.15) is 0 Å². The van der Waals surface area contributed by atoms with E-state index in [2.05, 4.69) is 12.2 Å². The van der Waals surface area contributed by atoms with Gasteiger partial charge in [0.15, 0.2) is 0 Å². The van der Waals surface area contributed by atoms with E-state index in [4.69, 9.17) is 5.73 Å². The van der Waals surface area contributed by atoms with Gasteiger partial charge in [-0.05, 0) is 19.9 Å². The molecular formula is C12H30N2. The third-order valence-corrected chi connectivity index (χ3v) is 2.74. The monoisotopic (exact) mass is 202 g/mol. The molecule has 14 heavy (non-hydrogen) atoms. The van der Waals surface area contributed by atoms with Crippen molar-refractivity contribution in [1.29, 1.82) is 0 Å². The third kappa shape index (κ3) is 10.0. The molecule has 1 unspecified atom stereocenters. The van der Waals surface area contributed by atoms with E-state index in [-0.39, 0.29) is 7.43 Å². The molecule has 2 nitrogen and oxygen atoms in total. The highest BCUT2D eigenvalue weighted by Gasteiger charge is 2.05. The van der Waals surface area contributed by atoms with E-state index in [1.807, 2.05) is 14.0 Å². The Labute approximate surface area is 90.6 Å². The fourth-order valence-electron chi connectivity index (χ4n) is 1.42. The highest BCUT2D eigenvalue weighted by molar-refractivity contribution is 4.59. The second-order valence-electron chi connectivity index (χ2n) is 4.17. The van der Waals surface area contributed by atoms with E-state index in [1.165, 1.54) is 32.1 Å². The fourth-order valence-corrected chi connectivity index (χ4v) is 1.42. The summed E-state index contributed by atoms with van der Waals surface area (Å²) in [4.78, 5) is 0. The van der Waals surface area contributed by atoms with Crippen LogP contribution in [0, 0.1) is 5.92 Å².